The first-order valence-corrected chi connectivity index (χ1v) is 27.2. The van der Waals surface area contributed by atoms with E-state index in [0.717, 1.165) is 63.1 Å². The number of piperidine rings is 2. The van der Waals surface area contributed by atoms with Crippen molar-refractivity contribution in [1.29, 1.82) is 5.26 Å². The van der Waals surface area contributed by atoms with Crippen molar-refractivity contribution in [3.8, 4) is 11.8 Å². The van der Waals surface area contributed by atoms with Crippen LogP contribution >= 0.6 is 11.8 Å². The van der Waals surface area contributed by atoms with Crippen LogP contribution in [0.25, 0.3) is 0 Å². The number of rotatable bonds is 30. The standard InChI is InChI=1S/C55H73N7O10S/c1-39-8-15-50(72-45-18-23-62(24-19-45)54(66)46-14-13-43(36-57-46)49(64)34-40-16-21-61(22-17-40)37-42-11-9-41(35-56)10-12-42)47(33-39)58-52(65)20-26-69-28-30-71-32-31-70-29-27-68-25-4-6-44(63)5-2-3-7-51-53-48(38-73-51)59-55(67)60-53/h8-15,33,36,40,45,48,51,53H,2-7,16-32,34,37-38H2,1H3,(H,58,65)(H2,59,60,67)/t48-,51-,53-/m0/s1. The van der Waals surface area contributed by atoms with E-state index < -0.39 is 0 Å². The molecule has 394 valence electrons. The largest absolute Gasteiger partial charge is 0.488 e. The van der Waals surface area contributed by atoms with Gasteiger partial charge in [0.2, 0.25) is 5.91 Å². The Hall–Kier alpha value is -5.42. The van der Waals surface area contributed by atoms with Crippen LogP contribution in [0.5, 0.6) is 5.75 Å². The van der Waals surface area contributed by atoms with Crippen LogP contribution in [0, 0.1) is 24.2 Å². The monoisotopic (exact) mass is 1020 g/mol. The van der Waals surface area contributed by atoms with Crippen LogP contribution in [0.1, 0.15) is 115 Å². The highest BCUT2D eigenvalue weighted by Gasteiger charge is 2.42. The number of benzene rings is 2. The van der Waals surface area contributed by atoms with E-state index in [1.807, 2.05) is 61.2 Å². The molecule has 4 fully saturated rings. The van der Waals surface area contributed by atoms with Crippen molar-refractivity contribution in [3.63, 3.8) is 0 Å². The van der Waals surface area contributed by atoms with Gasteiger partial charge >= 0.3 is 6.03 Å². The van der Waals surface area contributed by atoms with Crippen LogP contribution in [-0.2, 0) is 35.1 Å². The predicted molar refractivity (Wildman–Crippen MR) is 278 cm³/mol. The van der Waals surface area contributed by atoms with Crippen molar-refractivity contribution < 1.29 is 47.7 Å². The van der Waals surface area contributed by atoms with Gasteiger partial charge in [0.1, 0.15) is 23.3 Å². The van der Waals surface area contributed by atoms with Crippen molar-refractivity contribution in [2.75, 3.05) is 90.1 Å². The molecule has 0 aliphatic carbocycles. The third-order valence-corrected chi connectivity index (χ3v) is 15.4. The van der Waals surface area contributed by atoms with Crippen LogP contribution in [0.15, 0.2) is 60.8 Å². The quantitative estimate of drug-likeness (QED) is 0.0353. The summed E-state index contributed by atoms with van der Waals surface area (Å²) in [6.07, 6.45) is 9.84. The van der Waals surface area contributed by atoms with E-state index in [9.17, 15) is 24.0 Å². The fourth-order valence-electron chi connectivity index (χ4n) is 9.67. The number of likely N-dealkylation sites (tertiary alicyclic amines) is 2. The number of carbonyl (C=O) groups is 5. The van der Waals surface area contributed by atoms with Gasteiger partial charge in [-0.2, -0.15) is 17.0 Å². The van der Waals surface area contributed by atoms with Crippen LogP contribution < -0.4 is 20.7 Å². The lowest BCUT2D eigenvalue weighted by atomic mass is 9.90. The highest BCUT2D eigenvalue weighted by atomic mass is 32.2. The first-order chi connectivity index (χ1) is 35.6. The molecule has 3 atom stereocenters. The summed E-state index contributed by atoms with van der Waals surface area (Å²) in [6.45, 7) is 8.82. The third kappa shape index (κ3) is 18.2. The second-order valence-corrected chi connectivity index (χ2v) is 20.7. The van der Waals surface area contributed by atoms with Gasteiger partial charge in [0, 0.05) is 81.1 Å². The number of amides is 4. The topological polar surface area (TPSA) is 211 Å². The Bertz CT molecular complexity index is 2300. The number of ether oxygens (including phenoxy) is 5. The van der Waals surface area contributed by atoms with Crippen LogP contribution in [0.4, 0.5) is 10.5 Å². The molecular formula is C55H73N7O10S. The highest BCUT2D eigenvalue weighted by molar-refractivity contribution is 8.00. The normalized spacial score (nSPS) is 19.2. The van der Waals surface area contributed by atoms with E-state index >= 15 is 0 Å². The number of nitriles is 1. The summed E-state index contributed by atoms with van der Waals surface area (Å²) in [4.78, 5) is 71.9. The lowest BCUT2D eigenvalue weighted by Gasteiger charge is -2.32. The molecule has 0 radical (unpaired) electrons. The molecule has 73 heavy (non-hydrogen) atoms. The molecule has 4 saturated heterocycles. The van der Waals surface area contributed by atoms with Gasteiger partial charge in [-0.3, -0.25) is 29.1 Å². The molecule has 2 aromatic carbocycles. The second kappa shape index (κ2) is 29.5. The number of hydrogen-bond donors (Lipinski definition) is 3. The minimum Gasteiger partial charge on any atom is -0.488 e. The number of unbranched alkanes of at least 4 members (excludes halogenated alkanes) is 1. The number of carbonyl (C=O) groups excluding carboxylic acids is 5. The molecule has 7 rings (SSSR count). The summed E-state index contributed by atoms with van der Waals surface area (Å²) < 4.78 is 28.8. The van der Waals surface area contributed by atoms with Crippen molar-refractivity contribution >= 4 is 46.9 Å². The molecule has 4 aliphatic heterocycles. The van der Waals surface area contributed by atoms with Gasteiger partial charge in [-0.15, -0.1) is 0 Å². The summed E-state index contributed by atoms with van der Waals surface area (Å²) in [5.74, 6) is 1.78. The zero-order valence-electron chi connectivity index (χ0n) is 42.3. The van der Waals surface area contributed by atoms with Gasteiger partial charge in [-0.25, -0.2) is 4.79 Å². The number of aryl methyl sites for hydroxylation is 1. The zero-order chi connectivity index (χ0) is 51.2. The number of anilines is 1. The number of fused-ring (bicyclic) bond motifs is 1. The van der Waals surface area contributed by atoms with Gasteiger partial charge in [0.15, 0.2) is 5.78 Å². The number of nitrogens with one attached hydrogen (secondary N) is 3. The summed E-state index contributed by atoms with van der Waals surface area (Å²) in [7, 11) is 0. The average Bonchev–Trinajstić information content (AvgIpc) is 3.96. The Morgan fingerprint density at radius 3 is 2.19 bits per heavy atom. The maximum atomic E-state index is 13.4. The average molecular weight is 1020 g/mol. The maximum absolute atomic E-state index is 13.4. The Kier molecular flexibility index (Phi) is 22.3. The fraction of sp³-hybridized carbons (Fsp3) is 0.582. The van der Waals surface area contributed by atoms with Crippen molar-refractivity contribution in [1.82, 2.24) is 25.4 Å². The number of Topliss-reactive ketones (excluding diaryl/α,β-unsaturated/α-hetero) is 2. The van der Waals surface area contributed by atoms with Crippen molar-refractivity contribution in [2.45, 2.75) is 114 Å². The SMILES string of the molecule is Cc1ccc(OC2CCN(C(=O)c3ccc(C(=O)CC4CCN(Cc5ccc(C#N)cc5)CC4)cn3)CC2)c(NC(=O)CCOCCOCCOCCOCCCC(=O)CCCC[C@@H]2SC[C@@H]3NC(=O)N[C@@H]32)c1. The van der Waals surface area contributed by atoms with Crippen LogP contribution in [0.2, 0.25) is 0 Å². The van der Waals surface area contributed by atoms with Crippen molar-refractivity contribution in [3.05, 3.63) is 88.7 Å². The lowest BCUT2D eigenvalue weighted by Crippen LogP contribution is -2.42. The highest BCUT2D eigenvalue weighted by Crippen LogP contribution is 2.34. The molecular weight excluding hydrogens is 951 g/mol. The first-order valence-electron chi connectivity index (χ1n) is 26.2. The molecule has 5 heterocycles. The fourth-order valence-corrected chi connectivity index (χ4v) is 11.2. The number of hydrogen-bond acceptors (Lipinski definition) is 14. The number of ketones is 2. The predicted octanol–water partition coefficient (Wildman–Crippen LogP) is 6.90. The van der Waals surface area contributed by atoms with Gasteiger partial charge in [0.25, 0.3) is 5.91 Å². The van der Waals surface area contributed by atoms with E-state index in [0.29, 0.717) is 137 Å². The van der Waals surface area contributed by atoms with Gasteiger partial charge < -0.3 is 44.5 Å². The molecule has 17 nitrogen and oxygen atoms in total. The Morgan fingerprint density at radius 1 is 0.795 bits per heavy atom. The van der Waals surface area contributed by atoms with E-state index in [1.54, 1.807) is 17.0 Å². The number of nitrogens with zero attached hydrogens (tertiary/aromatic N) is 4. The molecule has 0 unspecified atom stereocenters. The van der Waals surface area contributed by atoms with Gasteiger partial charge in [0.05, 0.1) is 82.1 Å². The Morgan fingerprint density at radius 2 is 1.49 bits per heavy atom. The summed E-state index contributed by atoms with van der Waals surface area (Å²) in [5, 5.41) is 18.4. The van der Waals surface area contributed by atoms with E-state index in [-0.39, 0.29) is 60.6 Å². The zero-order valence-corrected chi connectivity index (χ0v) is 43.1. The van der Waals surface area contributed by atoms with Crippen molar-refractivity contribution in [2.24, 2.45) is 5.92 Å². The maximum Gasteiger partial charge on any atom is 0.315 e. The number of aromatic nitrogens is 1. The molecule has 4 amide bonds. The minimum absolute atomic E-state index is 0.0459. The van der Waals surface area contributed by atoms with E-state index in [4.69, 9.17) is 28.9 Å². The molecule has 3 N–H and O–H groups in total. The number of urea groups is 1. The molecule has 4 aliphatic rings. The second-order valence-electron chi connectivity index (χ2n) is 19.5. The lowest BCUT2D eigenvalue weighted by molar-refractivity contribution is -0.119. The number of pyridine rings is 1. The minimum atomic E-state index is -0.194. The summed E-state index contributed by atoms with van der Waals surface area (Å²) >= 11 is 1.91. The van der Waals surface area contributed by atoms with E-state index in [2.05, 4.69) is 31.9 Å². The number of thioether (sulfide) groups is 1. The first kappa shape index (κ1) is 55.3. The molecule has 0 saturated carbocycles. The molecule has 18 heteroatoms. The van der Waals surface area contributed by atoms with Crippen LogP contribution in [0.3, 0.4) is 0 Å². The Balaban J connectivity index is 0.675. The summed E-state index contributed by atoms with van der Waals surface area (Å²) in [5.41, 5.74) is 4.24. The van der Waals surface area contributed by atoms with E-state index in [1.165, 1.54) is 11.8 Å². The van der Waals surface area contributed by atoms with Gasteiger partial charge in [-0.1, -0.05) is 24.6 Å². The van der Waals surface area contributed by atoms with Gasteiger partial charge in [-0.05, 0) is 106 Å². The Labute approximate surface area is 434 Å². The molecule has 0 spiro atoms. The summed E-state index contributed by atoms with van der Waals surface area (Å²) in [6, 6.07) is 19.3. The van der Waals surface area contributed by atoms with Crippen LogP contribution in [-0.4, -0.2) is 152 Å². The third-order valence-electron chi connectivity index (χ3n) is 13.9. The molecule has 0 bridgehead atoms. The molecule has 1 aromatic heterocycles. The molecule has 3 aromatic rings. The smallest absolute Gasteiger partial charge is 0.315 e.